The highest BCUT2D eigenvalue weighted by Crippen LogP contribution is 2.22. The average molecular weight is 252 g/mol. The third-order valence-corrected chi connectivity index (χ3v) is 2.98. The van der Waals surface area contributed by atoms with E-state index in [2.05, 4.69) is 10.6 Å². The smallest absolute Gasteiger partial charge is 0.335 e. The first-order valence-electron chi connectivity index (χ1n) is 4.67. The van der Waals surface area contributed by atoms with Crippen LogP contribution in [0.1, 0.15) is 10.4 Å². The Hall–Kier alpha value is -2.02. The number of carboxylic acid groups (broad SMARTS) is 1. The fraction of sp³-hybridized carbons (Fsp3) is 0.100. The molecule has 2 rings (SSSR count). The number of imide groups is 1. The zero-order valence-corrected chi connectivity index (χ0v) is 9.28. The molecule has 17 heavy (non-hydrogen) atoms. The van der Waals surface area contributed by atoms with Crippen LogP contribution in [0.4, 0.5) is 10.5 Å². The van der Waals surface area contributed by atoms with Crippen molar-refractivity contribution in [2.24, 2.45) is 0 Å². The van der Waals surface area contributed by atoms with Gasteiger partial charge in [-0.05, 0) is 30.0 Å². The molecule has 1 aromatic rings. The number of carboxylic acids is 1. The molecule has 1 aromatic carbocycles. The molecule has 0 saturated carbocycles. The second-order valence-corrected chi connectivity index (χ2v) is 4.38. The summed E-state index contributed by atoms with van der Waals surface area (Å²) in [7, 11) is 0. The van der Waals surface area contributed by atoms with E-state index in [4.69, 9.17) is 5.11 Å². The summed E-state index contributed by atoms with van der Waals surface area (Å²) in [6.45, 7) is 0. The third kappa shape index (κ3) is 2.56. The summed E-state index contributed by atoms with van der Waals surface area (Å²) in [4.78, 5) is 32.9. The van der Waals surface area contributed by atoms with Crippen LogP contribution in [0.5, 0.6) is 0 Å². The predicted molar refractivity (Wildman–Crippen MR) is 61.9 cm³/mol. The molecule has 1 saturated heterocycles. The lowest BCUT2D eigenvalue weighted by Gasteiger charge is -2.10. The predicted octanol–water partition coefficient (Wildman–Crippen LogP) is 1.11. The Labute approximate surface area is 100 Å². The molecule has 1 aliphatic heterocycles. The Kier molecular flexibility index (Phi) is 3.01. The van der Waals surface area contributed by atoms with Crippen LogP contribution < -0.4 is 10.6 Å². The summed E-state index contributed by atoms with van der Waals surface area (Å²) in [6, 6.07) is 6.04. The normalized spacial score (nSPS) is 18.9. The molecule has 7 heteroatoms. The van der Waals surface area contributed by atoms with Gasteiger partial charge in [0.25, 0.3) is 11.1 Å². The molecule has 6 nitrogen and oxygen atoms in total. The number of carbonyl (C=O) groups excluding carboxylic acids is 2. The molecule has 0 bridgehead atoms. The van der Waals surface area contributed by atoms with Gasteiger partial charge in [-0.25, -0.2) is 4.79 Å². The summed E-state index contributed by atoms with van der Waals surface area (Å²) >= 11 is 0.825. The van der Waals surface area contributed by atoms with Crippen LogP contribution in [0.2, 0.25) is 0 Å². The highest BCUT2D eigenvalue weighted by atomic mass is 32.2. The number of anilines is 1. The number of aromatic carboxylic acids is 1. The van der Waals surface area contributed by atoms with Crippen molar-refractivity contribution in [3.05, 3.63) is 29.8 Å². The van der Waals surface area contributed by atoms with E-state index in [9.17, 15) is 14.4 Å². The van der Waals surface area contributed by atoms with Crippen LogP contribution in [-0.4, -0.2) is 27.6 Å². The minimum Gasteiger partial charge on any atom is -0.478 e. The van der Waals surface area contributed by atoms with Crippen LogP contribution >= 0.6 is 11.8 Å². The molecule has 1 fully saturated rings. The quantitative estimate of drug-likeness (QED) is 0.745. The second-order valence-electron chi connectivity index (χ2n) is 3.30. The SMILES string of the molecule is O=C1NC(=O)[C@H](Nc2cccc(C(=O)O)c2)S1. The molecular formula is C10H8N2O4S. The minimum absolute atomic E-state index is 0.115. The lowest BCUT2D eigenvalue weighted by molar-refractivity contribution is -0.118. The Morgan fingerprint density at radius 2 is 2.18 bits per heavy atom. The number of carbonyl (C=O) groups is 3. The molecule has 88 valence electrons. The number of hydrogen-bond donors (Lipinski definition) is 3. The maximum absolute atomic E-state index is 11.3. The monoisotopic (exact) mass is 252 g/mol. The lowest BCUT2D eigenvalue weighted by atomic mass is 10.2. The van der Waals surface area contributed by atoms with Gasteiger partial charge < -0.3 is 10.4 Å². The maximum Gasteiger partial charge on any atom is 0.335 e. The summed E-state index contributed by atoms with van der Waals surface area (Å²) in [5, 5.41) is 12.6. The van der Waals surface area contributed by atoms with E-state index in [-0.39, 0.29) is 5.56 Å². The number of nitrogens with one attached hydrogen (secondary N) is 2. The van der Waals surface area contributed by atoms with E-state index in [1.54, 1.807) is 12.1 Å². The molecular weight excluding hydrogens is 244 g/mol. The molecule has 2 amide bonds. The van der Waals surface area contributed by atoms with Gasteiger partial charge in [0.05, 0.1) is 5.56 Å². The molecule has 1 aliphatic rings. The van der Waals surface area contributed by atoms with Gasteiger partial charge in [0.15, 0.2) is 5.37 Å². The van der Waals surface area contributed by atoms with E-state index >= 15 is 0 Å². The highest BCUT2D eigenvalue weighted by Gasteiger charge is 2.31. The largest absolute Gasteiger partial charge is 0.478 e. The highest BCUT2D eigenvalue weighted by molar-refractivity contribution is 8.15. The van der Waals surface area contributed by atoms with E-state index in [0.29, 0.717) is 5.69 Å². The molecule has 0 unspecified atom stereocenters. The van der Waals surface area contributed by atoms with Crippen LogP contribution in [0, 0.1) is 0 Å². The first-order valence-corrected chi connectivity index (χ1v) is 5.55. The van der Waals surface area contributed by atoms with Crippen LogP contribution in [0.25, 0.3) is 0 Å². The van der Waals surface area contributed by atoms with Crippen molar-refractivity contribution < 1.29 is 19.5 Å². The average Bonchev–Trinajstić information content (AvgIpc) is 2.58. The van der Waals surface area contributed by atoms with Crippen molar-refractivity contribution in [3.63, 3.8) is 0 Å². The Balaban J connectivity index is 2.13. The van der Waals surface area contributed by atoms with E-state index in [0.717, 1.165) is 11.8 Å². The van der Waals surface area contributed by atoms with Gasteiger partial charge in [-0.1, -0.05) is 6.07 Å². The first-order chi connectivity index (χ1) is 8.06. The molecule has 0 radical (unpaired) electrons. The Bertz CT molecular complexity index is 503. The standard InChI is InChI=1S/C10H8N2O4S/c13-7-8(17-10(16)12-7)11-6-3-1-2-5(4-6)9(14)15/h1-4,8,11H,(H,14,15)(H,12,13,16)/t8-/m1/s1. The summed E-state index contributed by atoms with van der Waals surface area (Å²) in [6.07, 6.45) is 0. The number of rotatable bonds is 3. The zero-order valence-electron chi connectivity index (χ0n) is 8.47. The number of thioether (sulfide) groups is 1. The number of hydrogen-bond acceptors (Lipinski definition) is 5. The van der Waals surface area contributed by atoms with Gasteiger partial charge in [-0.2, -0.15) is 0 Å². The minimum atomic E-state index is -1.05. The number of amides is 2. The van der Waals surface area contributed by atoms with E-state index in [1.807, 2.05) is 0 Å². The lowest BCUT2D eigenvalue weighted by Crippen LogP contribution is -2.29. The molecule has 1 atom stereocenters. The molecule has 0 spiro atoms. The van der Waals surface area contributed by atoms with Crippen LogP contribution in [0.3, 0.4) is 0 Å². The van der Waals surface area contributed by atoms with E-state index in [1.165, 1.54) is 12.1 Å². The van der Waals surface area contributed by atoms with Crippen molar-refractivity contribution in [1.29, 1.82) is 0 Å². The van der Waals surface area contributed by atoms with Gasteiger partial charge in [0.2, 0.25) is 0 Å². The van der Waals surface area contributed by atoms with Crippen molar-refractivity contribution in [2.45, 2.75) is 5.37 Å². The van der Waals surface area contributed by atoms with Gasteiger partial charge >= 0.3 is 5.97 Å². The molecule has 3 N–H and O–H groups in total. The second kappa shape index (κ2) is 4.46. The van der Waals surface area contributed by atoms with Crippen molar-refractivity contribution >= 4 is 34.6 Å². The third-order valence-electron chi connectivity index (χ3n) is 2.10. The zero-order chi connectivity index (χ0) is 12.4. The molecule has 0 aliphatic carbocycles. The van der Waals surface area contributed by atoms with Gasteiger partial charge in [-0.15, -0.1) is 0 Å². The van der Waals surface area contributed by atoms with Crippen molar-refractivity contribution in [3.8, 4) is 0 Å². The van der Waals surface area contributed by atoms with Crippen LogP contribution in [-0.2, 0) is 4.79 Å². The van der Waals surface area contributed by atoms with Gasteiger partial charge in [-0.3, -0.25) is 14.9 Å². The van der Waals surface area contributed by atoms with Crippen LogP contribution in [0.15, 0.2) is 24.3 Å². The van der Waals surface area contributed by atoms with Gasteiger partial charge in [0, 0.05) is 5.69 Å². The fourth-order valence-electron chi connectivity index (χ4n) is 1.34. The van der Waals surface area contributed by atoms with Crippen molar-refractivity contribution in [2.75, 3.05) is 5.32 Å². The number of benzene rings is 1. The van der Waals surface area contributed by atoms with E-state index < -0.39 is 22.5 Å². The summed E-state index contributed by atoms with van der Waals surface area (Å²) in [5.41, 5.74) is 0.594. The molecule has 0 aromatic heterocycles. The fourth-order valence-corrected chi connectivity index (χ4v) is 2.08. The Morgan fingerprint density at radius 3 is 2.76 bits per heavy atom. The maximum atomic E-state index is 11.3. The molecule has 1 heterocycles. The van der Waals surface area contributed by atoms with Gasteiger partial charge in [0.1, 0.15) is 0 Å². The van der Waals surface area contributed by atoms with Crippen molar-refractivity contribution in [1.82, 2.24) is 5.32 Å². The Morgan fingerprint density at radius 1 is 1.41 bits per heavy atom. The summed E-state index contributed by atoms with van der Waals surface area (Å²) < 4.78 is 0. The first kappa shape index (κ1) is 11.5. The summed E-state index contributed by atoms with van der Waals surface area (Å²) in [5.74, 6) is -1.48. The topological polar surface area (TPSA) is 95.5 Å².